The van der Waals surface area contributed by atoms with Crippen molar-refractivity contribution in [3.63, 3.8) is 0 Å². The number of ether oxygens (including phenoxy) is 1. The van der Waals surface area contributed by atoms with Crippen LogP contribution < -0.4 is 11.1 Å². The van der Waals surface area contributed by atoms with Crippen molar-refractivity contribution in [1.82, 2.24) is 5.32 Å². The molecule has 0 saturated heterocycles. The Bertz CT molecular complexity index is 499. The zero-order valence-corrected chi connectivity index (χ0v) is 11.5. The Hall–Kier alpha value is -1.76. The van der Waals surface area contributed by atoms with E-state index in [0.29, 0.717) is 0 Å². The summed E-state index contributed by atoms with van der Waals surface area (Å²) in [4.78, 5) is 11.9. The minimum atomic E-state index is -4.52. The average Bonchev–Trinajstić information content (AvgIpc) is 2.35. The van der Waals surface area contributed by atoms with Crippen LogP contribution in [-0.4, -0.2) is 25.2 Å². The van der Waals surface area contributed by atoms with E-state index in [1.165, 1.54) is 7.11 Å². The molecule has 0 aliphatic carbocycles. The molecule has 0 aromatic heterocycles. The van der Waals surface area contributed by atoms with Crippen molar-refractivity contribution in [2.24, 2.45) is 0 Å². The van der Waals surface area contributed by atoms with Gasteiger partial charge in [-0.2, -0.15) is 13.2 Å². The molecule has 1 aromatic rings. The second-order valence-corrected chi connectivity index (χ2v) is 4.95. The van der Waals surface area contributed by atoms with Crippen LogP contribution in [0.1, 0.15) is 29.8 Å². The molecule has 1 aromatic carbocycles. The van der Waals surface area contributed by atoms with E-state index in [-0.39, 0.29) is 17.8 Å². The van der Waals surface area contributed by atoms with Crippen molar-refractivity contribution in [3.8, 4) is 0 Å². The van der Waals surface area contributed by atoms with Gasteiger partial charge in [0.2, 0.25) is 0 Å². The molecule has 0 heterocycles. The molecule has 7 heteroatoms. The number of benzene rings is 1. The predicted molar refractivity (Wildman–Crippen MR) is 69.3 cm³/mol. The molecular formula is C13H17F3N2O2. The fourth-order valence-corrected chi connectivity index (χ4v) is 1.39. The predicted octanol–water partition coefficient (Wildman–Crippen LogP) is 2.44. The number of anilines is 1. The van der Waals surface area contributed by atoms with Crippen molar-refractivity contribution in [2.45, 2.75) is 25.6 Å². The Kier molecular flexibility index (Phi) is 4.65. The van der Waals surface area contributed by atoms with Gasteiger partial charge in [-0.05, 0) is 32.0 Å². The van der Waals surface area contributed by atoms with Gasteiger partial charge in [0.1, 0.15) is 0 Å². The molecule has 0 unspecified atom stereocenters. The van der Waals surface area contributed by atoms with Gasteiger partial charge < -0.3 is 15.8 Å². The number of nitrogens with one attached hydrogen (secondary N) is 1. The summed E-state index contributed by atoms with van der Waals surface area (Å²) in [5.74, 6) is -0.668. The van der Waals surface area contributed by atoms with E-state index >= 15 is 0 Å². The summed E-state index contributed by atoms with van der Waals surface area (Å²) in [5, 5.41) is 2.50. The molecule has 0 spiro atoms. The number of methoxy groups -OCH3 is 1. The largest absolute Gasteiger partial charge is 0.416 e. The van der Waals surface area contributed by atoms with E-state index in [1.807, 2.05) is 0 Å². The fourth-order valence-electron chi connectivity index (χ4n) is 1.39. The van der Waals surface area contributed by atoms with Crippen LogP contribution in [0.5, 0.6) is 0 Å². The maximum Gasteiger partial charge on any atom is 0.416 e. The minimum Gasteiger partial charge on any atom is -0.398 e. The third kappa shape index (κ3) is 4.12. The standard InChI is InChI=1S/C13H17F3N2O2/c1-12(2,20-3)7-18-11(19)9-6-8(13(14,15)16)4-5-10(9)17/h4-6H,7,17H2,1-3H3,(H,18,19). The van der Waals surface area contributed by atoms with Gasteiger partial charge in [0.15, 0.2) is 0 Å². The highest BCUT2D eigenvalue weighted by molar-refractivity contribution is 5.99. The van der Waals surface area contributed by atoms with Crippen LogP contribution in [0, 0.1) is 0 Å². The first-order chi connectivity index (χ1) is 9.07. The number of carbonyl (C=O) groups is 1. The van der Waals surface area contributed by atoms with Crippen LogP contribution in [0.2, 0.25) is 0 Å². The molecule has 0 fully saturated rings. The van der Waals surface area contributed by atoms with E-state index < -0.39 is 23.2 Å². The van der Waals surface area contributed by atoms with E-state index in [9.17, 15) is 18.0 Å². The number of hydrogen-bond acceptors (Lipinski definition) is 3. The third-order valence-electron chi connectivity index (χ3n) is 2.85. The number of amides is 1. The van der Waals surface area contributed by atoms with Gasteiger partial charge in [0.05, 0.1) is 16.7 Å². The molecule has 20 heavy (non-hydrogen) atoms. The highest BCUT2D eigenvalue weighted by Gasteiger charge is 2.31. The summed E-state index contributed by atoms with van der Waals surface area (Å²) in [6, 6.07) is 2.65. The number of alkyl halides is 3. The molecule has 1 amide bonds. The van der Waals surface area contributed by atoms with Crippen molar-refractivity contribution in [1.29, 1.82) is 0 Å². The van der Waals surface area contributed by atoms with Gasteiger partial charge >= 0.3 is 6.18 Å². The van der Waals surface area contributed by atoms with Gasteiger partial charge in [0.25, 0.3) is 5.91 Å². The van der Waals surface area contributed by atoms with Crippen LogP contribution >= 0.6 is 0 Å². The highest BCUT2D eigenvalue weighted by atomic mass is 19.4. The molecular weight excluding hydrogens is 273 g/mol. The Morgan fingerprint density at radius 3 is 2.45 bits per heavy atom. The number of nitrogen functional groups attached to an aromatic ring is 1. The second kappa shape index (κ2) is 5.70. The van der Waals surface area contributed by atoms with E-state index in [2.05, 4.69) is 5.32 Å². The first-order valence-electron chi connectivity index (χ1n) is 5.87. The summed E-state index contributed by atoms with van der Waals surface area (Å²) >= 11 is 0. The molecule has 0 aliphatic heterocycles. The Morgan fingerprint density at radius 2 is 1.95 bits per heavy atom. The third-order valence-corrected chi connectivity index (χ3v) is 2.85. The Morgan fingerprint density at radius 1 is 1.35 bits per heavy atom. The van der Waals surface area contributed by atoms with Crippen molar-refractivity contribution >= 4 is 11.6 Å². The van der Waals surface area contributed by atoms with E-state index in [0.717, 1.165) is 18.2 Å². The summed E-state index contributed by atoms with van der Waals surface area (Å²) < 4.78 is 42.9. The molecule has 0 atom stereocenters. The molecule has 1 rings (SSSR count). The summed E-state index contributed by atoms with van der Waals surface area (Å²) in [6.07, 6.45) is -4.52. The van der Waals surface area contributed by atoms with Crippen LogP contribution in [0.15, 0.2) is 18.2 Å². The lowest BCUT2D eigenvalue weighted by molar-refractivity contribution is -0.137. The number of carbonyl (C=O) groups excluding carboxylic acids is 1. The number of halogens is 3. The lowest BCUT2D eigenvalue weighted by Crippen LogP contribution is -2.40. The molecule has 4 nitrogen and oxygen atoms in total. The monoisotopic (exact) mass is 290 g/mol. The van der Waals surface area contributed by atoms with Gasteiger partial charge in [-0.25, -0.2) is 0 Å². The highest BCUT2D eigenvalue weighted by Crippen LogP contribution is 2.31. The van der Waals surface area contributed by atoms with Crippen LogP contribution in [-0.2, 0) is 10.9 Å². The van der Waals surface area contributed by atoms with Crippen LogP contribution in [0.3, 0.4) is 0 Å². The molecule has 3 N–H and O–H groups in total. The van der Waals surface area contributed by atoms with Crippen LogP contribution in [0.25, 0.3) is 0 Å². The fraction of sp³-hybridized carbons (Fsp3) is 0.462. The number of hydrogen-bond donors (Lipinski definition) is 2. The smallest absolute Gasteiger partial charge is 0.398 e. The van der Waals surface area contributed by atoms with Crippen LogP contribution in [0.4, 0.5) is 18.9 Å². The van der Waals surface area contributed by atoms with Crippen molar-refractivity contribution in [2.75, 3.05) is 19.4 Å². The lowest BCUT2D eigenvalue weighted by atomic mass is 10.1. The maximum atomic E-state index is 12.6. The van der Waals surface area contributed by atoms with Gasteiger partial charge in [0, 0.05) is 19.3 Å². The SMILES string of the molecule is COC(C)(C)CNC(=O)c1cc(C(F)(F)F)ccc1N. The normalized spacial score (nSPS) is 12.3. The molecule has 0 aliphatic rings. The first kappa shape index (κ1) is 16.3. The summed E-state index contributed by atoms with van der Waals surface area (Å²) in [6.45, 7) is 3.63. The van der Waals surface area contributed by atoms with Gasteiger partial charge in [-0.15, -0.1) is 0 Å². The minimum absolute atomic E-state index is 0.00859. The molecule has 0 saturated carbocycles. The summed E-state index contributed by atoms with van der Waals surface area (Å²) in [7, 11) is 1.48. The van der Waals surface area contributed by atoms with Gasteiger partial charge in [-0.1, -0.05) is 0 Å². The molecule has 112 valence electrons. The van der Waals surface area contributed by atoms with Crippen molar-refractivity contribution in [3.05, 3.63) is 29.3 Å². The zero-order chi connectivity index (χ0) is 15.6. The number of rotatable bonds is 4. The second-order valence-electron chi connectivity index (χ2n) is 4.95. The molecule has 0 radical (unpaired) electrons. The van der Waals surface area contributed by atoms with E-state index in [4.69, 9.17) is 10.5 Å². The lowest BCUT2D eigenvalue weighted by Gasteiger charge is -2.23. The van der Waals surface area contributed by atoms with Crippen molar-refractivity contribution < 1.29 is 22.7 Å². The van der Waals surface area contributed by atoms with Gasteiger partial charge in [-0.3, -0.25) is 4.79 Å². The molecule has 0 bridgehead atoms. The summed E-state index contributed by atoms with van der Waals surface area (Å²) in [5.41, 5.74) is 3.80. The maximum absolute atomic E-state index is 12.6. The van der Waals surface area contributed by atoms with E-state index in [1.54, 1.807) is 13.8 Å². The quantitative estimate of drug-likeness (QED) is 0.837. The number of nitrogens with two attached hydrogens (primary N) is 1. The topological polar surface area (TPSA) is 64.3 Å². The first-order valence-corrected chi connectivity index (χ1v) is 5.87. The average molecular weight is 290 g/mol. The Labute approximate surface area is 115 Å². The zero-order valence-electron chi connectivity index (χ0n) is 11.5. The Balaban J connectivity index is 2.93.